The predicted octanol–water partition coefficient (Wildman–Crippen LogP) is 2.58. The summed E-state index contributed by atoms with van der Waals surface area (Å²) in [6.45, 7) is 0. The maximum atomic E-state index is 13.0. The van der Waals surface area contributed by atoms with E-state index in [0.29, 0.717) is 15.7 Å². The fourth-order valence-corrected chi connectivity index (χ4v) is 2.27. The number of aromatic nitrogens is 2. The molecule has 0 unspecified atom stereocenters. The van der Waals surface area contributed by atoms with Crippen LogP contribution < -0.4 is 5.32 Å². The van der Waals surface area contributed by atoms with E-state index in [1.807, 2.05) is 0 Å². The molecule has 0 bridgehead atoms. The summed E-state index contributed by atoms with van der Waals surface area (Å²) in [5.74, 6) is -1.85. The molecular weight excluding hydrogens is 296 g/mol. The van der Waals surface area contributed by atoms with E-state index in [2.05, 4.69) is 15.5 Å². The van der Waals surface area contributed by atoms with Gasteiger partial charge in [0.25, 0.3) is 0 Å². The van der Waals surface area contributed by atoms with Crippen molar-refractivity contribution in [2.45, 2.75) is 6.42 Å². The first kappa shape index (κ1) is 13.8. The molecule has 0 radical (unpaired) electrons. The topological polar surface area (TPSA) is 54.9 Å². The third kappa shape index (κ3) is 3.93. The average Bonchev–Trinajstić information content (AvgIpc) is 2.74. The summed E-state index contributed by atoms with van der Waals surface area (Å²) < 4.78 is 26.0. The van der Waals surface area contributed by atoms with Gasteiger partial charge in [-0.05, 0) is 17.7 Å². The molecule has 1 aromatic carbocycles. The molecule has 0 aliphatic carbocycles. The minimum absolute atomic E-state index is 0.177. The number of nitrogens with one attached hydrogen (secondary N) is 1. The lowest BCUT2D eigenvalue weighted by Crippen LogP contribution is -2.12. The zero-order chi connectivity index (χ0) is 13.8. The third-order valence-corrected chi connectivity index (χ3v) is 3.19. The zero-order valence-corrected chi connectivity index (χ0v) is 11.1. The lowest BCUT2D eigenvalue weighted by Gasteiger charge is -1.98. The Morgan fingerprint density at radius 3 is 2.58 bits per heavy atom. The molecule has 19 heavy (non-hydrogen) atoms. The van der Waals surface area contributed by atoms with E-state index in [0.717, 1.165) is 17.4 Å². The summed E-state index contributed by atoms with van der Waals surface area (Å²) in [5, 5.41) is 10.8. The Labute approximate surface area is 116 Å². The molecule has 1 N–H and O–H groups in total. The van der Waals surface area contributed by atoms with Crippen molar-refractivity contribution in [2.24, 2.45) is 0 Å². The van der Waals surface area contributed by atoms with Crippen molar-refractivity contribution in [3.63, 3.8) is 0 Å². The van der Waals surface area contributed by atoms with Crippen molar-refractivity contribution < 1.29 is 13.6 Å². The molecule has 100 valence electrons. The molecule has 1 aromatic heterocycles. The molecule has 0 saturated carbocycles. The second-order valence-corrected chi connectivity index (χ2v) is 4.97. The molecule has 2 aromatic rings. The predicted molar refractivity (Wildman–Crippen MR) is 68.4 cm³/mol. The molecule has 0 saturated heterocycles. The standard InChI is InChI=1S/C11H8ClF2N3OS/c12-5-9(18)15-11-17-16-10(19-11)3-6-1-7(13)4-8(14)2-6/h1-2,4H,3,5H2,(H,15,17,18). The summed E-state index contributed by atoms with van der Waals surface area (Å²) in [7, 11) is 0. The first-order valence-corrected chi connectivity index (χ1v) is 6.55. The van der Waals surface area contributed by atoms with Crippen LogP contribution in [0.25, 0.3) is 0 Å². The molecule has 1 amide bonds. The van der Waals surface area contributed by atoms with Gasteiger partial charge in [-0.3, -0.25) is 10.1 Å². The molecule has 0 fully saturated rings. The molecule has 0 spiro atoms. The Morgan fingerprint density at radius 1 is 1.26 bits per heavy atom. The van der Waals surface area contributed by atoms with Crippen molar-refractivity contribution in [3.8, 4) is 0 Å². The summed E-state index contributed by atoms with van der Waals surface area (Å²) >= 11 is 6.46. The van der Waals surface area contributed by atoms with Crippen LogP contribution >= 0.6 is 22.9 Å². The van der Waals surface area contributed by atoms with Gasteiger partial charge in [-0.25, -0.2) is 8.78 Å². The Morgan fingerprint density at radius 2 is 1.95 bits per heavy atom. The average molecular weight is 304 g/mol. The van der Waals surface area contributed by atoms with Crippen LogP contribution in [0.1, 0.15) is 10.6 Å². The molecule has 1 heterocycles. The molecule has 0 aliphatic heterocycles. The quantitative estimate of drug-likeness (QED) is 0.883. The van der Waals surface area contributed by atoms with Gasteiger partial charge in [0.1, 0.15) is 22.5 Å². The van der Waals surface area contributed by atoms with Crippen LogP contribution in [0.15, 0.2) is 18.2 Å². The van der Waals surface area contributed by atoms with Crippen molar-refractivity contribution >= 4 is 34.0 Å². The van der Waals surface area contributed by atoms with Crippen LogP contribution in [0, 0.1) is 11.6 Å². The van der Waals surface area contributed by atoms with E-state index in [-0.39, 0.29) is 18.2 Å². The van der Waals surface area contributed by atoms with E-state index in [1.165, 1.54) is 12.1 Å². The van der Waals surface area contributed by atoms with Gasteiger partial charge in [-0.2, -0.15) is 0 Å². The summed E-state index contributed by atoms with van der Waals surface area (Å²) in [5.41, 5.74) is 0.448. The molecule has 2 rings (SSSR count). The van der Waals surface area contributed by atoms with Crippen LogP contribution in [0.3, 0.4) is 0 Å². The van der Waals surface area contributed by atoms with Crippen LogP contribution in [0.5, 0.6) is 0 Å². The van der Waals surface area contributed by atoms with E-state index in [1.54, 1.807) is 0 Å². The monoisotopic (exact) mass is 303 g/mol. The number of hydrogen-bond donors (Lipinski definition) is 1. The Bertz CT molecular complexity index is 585. The number of amides is 1. The molecule has 0 atom stereocenters. The number of alkyl halides is 1. The highest BCUT2D eigenvalue weighted by Crippen LogP contribution is 2.19. The molecule has 8 heteroatoms. The normalized spacial score (nSPS) is 10.5. The van der Waals surface area contributed by atoms with Gasteiger partial charge >= 0.3 is 0 Å². The third-order valence-electron chi connectivity index (χ3n) is 2.11. The van der Waals surface area contributed by atoms with Gasteiger partial charge < -0.3 is 0 Å². The maximum Gasteiger partial charge on any atom is 0.241 e. The van der Waals surface area contributed by atoms with E-state index in [9.17, 15) is 13.6 Å². The lowest BCUT2D eigenvalue weighted by atomic mass is 10.1. The summed E-state index contributed by atoms with van der Waals surface area (Å²) in [4.78, 5) is 11.0. The van der Waals surface area contributed by atoms with E-state index < -0.39 is 11.6 Å². The second-order valence-electron chi connectivity index (χ2n) is 3.64. The van der Waals surface area contributed by atoms with Crippen LogP contribution in [0.2, 0.25) is 0 Å². The first-order chi connectivity index (χ1) is 9.06. The van der Waals surface area contributed by atoms with Crippen molar-refractivity contribution in [2.75, 3.05) is 11.2 Å². The number of carbonyl (C=O) groups excluding carboxylic acids is 1. The lowest BCUT2D eigenvalue weighted by molar-refractivity contribution is -0.113. The van der Waals surface area contributed by atoms with Crippen molar-refractivity contribution in [3.05, 3.63) is 40.4 Å². The molecular formula is C11H8ClF2N3OS. The molecule has 4 nitrogen and oxygen atoms in total. The second kappa shape index (κ2) is 6.03. The highest BCUT2D eigenvalue weighted by molar-refractivity contribution is 7.15. The fourth-order valence-electron chi connectivity index (χ4n) is 1.42. The highest BCUT2D eigenvalue weighted by Gasteiger charge is 2.09. The van der Waals surface area contributed by atoms with Gasteiger partial charge in [0, 0.05) is 12.5 Å². The van der Waals surface area contributed by atoms with Crippen LogP contribution in [-0.4, -0.2) is 22.0 Å². The number of benzene rings is 1. The van der Waals surface area contributed by atoms with Gasteiger partial charge in [0.15, 0.2) is 0 Å². The fraction of sp³-hybridized carbons (Fsp3) is 0.182. The minimum Gasteiger partial charge on any atom is -0.299 e. The SMILES string of the molecule is O=C(CCl)Nc1nnc(Cc2cc(F)cc(F)c2)s1. The first-order valence-electron chi connectivity index (χ1n) is 5.20. The number of halogens is 3. The number of rotatable bonds is 4. The van der Waals surface area contributed by atoms with Crippen molar-refractivity contribution in [1.82, 2.24) is 10.2 Å². The Balaban J connectivity index is 2.09. The number of nitrogens with zero attached hydrogens (tertiary/aromatic N) is 2. The molecule has 0 aliphatic rings. The smallest absolute Gasteiger partial charge is 0.241 e. The maximum absolute atomic E-state index is 13.0. The van der Waals surface area contributed by atoms with Gasteiger partial charge in [-0.1, -0.05) is 11.3 Å². The van der Waals surface area contributed by atoms with Gasteiger partial charge in [0.2, 0.25) is 11.0 Å². The van der Waals surface area contributed by atoms with Gasteiger partial charge in [0.05, 0.1) is 0 Å². The Kier molecular flexibility index (Phi) is 4.39. The number of anilines is 1. The minimum atomic E-state index is -0.643. The van der Waals surface area contributed by atoms with Crippen LogP contribution in [-0.2, 0) is 11.2 Å². The van der Waals surface area contributed by atoms with E-state index >= 15 is 0 Å². The largest absolute Gasteiger partial charge is 0.299 e. The Hall–Kier alpha value is -1.60. The zero-order valence-electron chi connectivity index (χ0n) is 9.49. The summed E-state index contributed by atoms with van der Waals surface area (Å²) in [6, 6.07) is 3.25. The van der Waals surface area contributed by atoms with Gasteiger partial charge in [-0.15, -0.1) is 21.8 Å². The van der Waals surface area contributed by atoms with Crippen molar-refractivity contribution in [1.29, 1.82) is 0 Å². The highest BCUT2D eigenvalue weighted by atomic mass is 35.5. The van der Waals surface area contributed by atoms with E-state index in [4.69, 9.17) is 11.6 Å². The number of hydrogen-bond acceptors (Lipinski definition) is 4. The summed E-state index contributed by atoms with van der Waals surface area (Å²) in [6.07, 6.45) is 0.239. The van der Waals surface area contributed by atoms with Crippen LogP contribution in [0.4, 0.5) is 13.9 Å². The number of carbonyl (C=O) groups is 1.